The van der Waals surface area contributed by atoms with Crippen LogP contribution in [-0.2, 0) is 16.9 Å². The minimum absolute atomic E-state index is 0.0298. The molecule has 0 aromatic heterocycles. The monoisotopic (exact) mass is 384 g/mol. The first-order valence-corrected chi connectivity index (χ1v) is 10.6. The van der Waals surface area contributed by atoms with E-state index in [-0.39, 0.29) is 11.5 Å². The van der Waals surface area contributed by atoms with Gasteiger partial charge in [-0.15, -0.1) is 0 Å². The maximum atomic E-state index is 6.09. The number of thioether (sulfide) groups is 1. The Morgan fingerprint density at radius 2 is 1.65 bits per heavy atom. The van der Waals surface area contributed by atoms with E-state index in [0.717, 1.165) is 24.3 Å². The standard InChI is InChI=1S/C23H28OS2/c1-4-21(24-22(25)16-15-19-11-7-5-8-12-19)23(2,3)18-26-17-20-13-9-6-10-14-20/h4-14,21H,1,15-18H2,2-3H3. The summed E-state index contributed by atoms with van der Waals surface area (Å²) < 4.78 is 6.09. The van der Waals surface area contributed by atoms with Crippen LogP contribution in [0, 0.1) is 5.41 Å². The SMILES string of the molecule is C=CC(OC(=S)CCc1ccccc1)C(C)(C)CSCc1ccccc1. The minimum Gasteiger partial charge on any atom is -0.479 e. The van der Waals surface area contributed by atoms with Crippen LogP contribution in [0.25, 0.3) is 0 Å². The Morgan fingerprint density at radius 1 is 1.08 bits per heavy atom. The third-order valence-electron chi connectivity index (χ3n) is 4.29. The molecule has 0 fully saturated rings. The van der Waals surface area contributed by atoms with Crippen molar-refractivity contribution < 1.29 is 4.74 Å². The first kappa shape index (κ1) is 20.7. The van der Waals surface area contributed by atoms with Gasteiger partial charge >= 0.3 is 0 Å². The normalized spacial score (nSPS) is 12.4. The molecular formula is C23H28OS2. The van der Waals surface area contributed by atoms with E-state index >= 15 is 0 Å². The van der Waals surface area contributed by atoms with Gasteiger partial charge in [0.1, 0.15) is 6.10 Å². The number of hydrogen-bond donors (Lipinski definition) is 0. The Bertz CT molecular complexity index is 680. The van der Waals surface area contributed by atoms with Crippen molar-refractivity contribution in [3.63, 3.8) is 0 Å². The van der Waals surface area contributed by atoms with E-state index in [4.69, 9.17) is 17.0 Å². The fourth-order valence-corrected chi connectivity index (χ4v) is 4.13. The average Bonchev–Trinajstić information content (AvgIpc) is 2.66. The summed E-state index contributed by atoms with van der Waals surface area (Å²) in [6, 6.07) is 20.9. The average molecular weight is 385 g/mol. The van der Waals surface area contributed by atoms with Gasteiger partial charge in [-0.05, 0) is 29.8 Å². The smallest absolute Gasteiger partial charge is 0.160 e. The molecule has 0 saturated carbocycles. The summed E-state index contributed by atoms with van der Waals surface area (Å²) in [4.78, 5) is 0. The first-order valence-electron chi connectivity index (χ1n) is 8.99. The lowest BCUT2D eigenvalue weighted by Gasteiger charge is -2.32. The number of benzene rings is 2. The van der Waals surface area contributed by atoms with Gasteiger partial charge in [-0.1, -0.05) is 87.2 Å². The summed E-state index contributed by atoms with van der Waals surface area (Å²) in [5, 5.41) is 0.667. The van der Waals surface area contributed by atoms with Gasteiger partial charge in [0.15, 0.2) is 5.05 Å². The Morgan fingerprint density at radius 3 is 2.23 bits per heavy atom. The van der Waals surface area contributed by atoms with Crippen molar-refractivity contribution in [3.8, 4) is 0 Å². The van der Waals surface area contributed by atoms with Crippen LogP contribution in [0.15, 0.2) is 73.3 Å². The van der Waals surface area contributed by atoms with Crippen LogP contribution in [-0.4, -0.2) is 16.9 Å². The summed E-state index contributed by atoms with van der Waals surface area (Å²) in [6.07, 6.45) is 3.48. The van der Waals surface area contributed by atoms with E-state index in [1.165, 1.54) is 11.1 Å². The van der Waals surface area contributed by atoms with Crippen LogP contribution in [0.5, 0.6) is 0 Å². The molecule has 0 N–H and O–H groups in total. The highest BCUT2D eigenvalue weighted by molar-refractivity contribution is 7.98. The predicted octanol–water partition coefficient (Wildman–Crippen LogP) is 6.48. The molecule has 1 unspecified atom stereocenters. The highest BCUT2D eigenvalue weighted by Crippen LogP contribution is 2.31. The maximum absolute atomic E-state index is 6.09. The minimum atomic E-state index is -0.0750. The molecule has 0 heterocycles. The van der Waals surface area contributed by atoms with E-state index in [9.17, 15) is 0 Å². The number of hydrogen-bond acceptors (Lipinski definition) is 3. The number of ether oxygens (including phenoxy) is 1. The van der Waals surface area contributed by atoms with Gasteiger partial charge in [-0.3, -0.25) is 0 Å². The predicted molar refractivity (Wildman–Crippen MR) is 119 cm³/mol. The molecule has 0 spiro atoms. The van der Waals surface area contributed by atoms with Crippen molar-refractivity contribution in [3.05, 3.63) is 84.4 Å². The zero-order valence-electron chi connectivity index (χ0n) is 15.7. The second-order valence-corrected chi connectivity index (χ2v) is 8.54. The molecule has 0 radical (unpaired) electrons. The molecule has 0 bridgehead atoms. The van der Waals surface area contributed by atoms with Crippen LogP contribution in [0.4, 0.5) is 0 Å². The fraction of sp³-hybridized carbons (Fsp3) is 0.348. The van der Waals surface area contributed by atoms with Crippen LogP contribution < -0.4 is 0 Å². The summed E-state index contributed by atoms with van der Waals surface area (Å²) in [7, 11) is 0. The largest absolute Gasteiger partial charge is 0.479 e. The molecule has 0 aliphatic rings. The third-order valence-corrected chi connectivity index (χ3v) is 6.07. The summed E-state index contributed by atoms with van der Waals surface area (Å²) in [5.41, 5.74) is 2.60. The Kier molecular flexibility index (Phi) is 8.40. The lowest BCUT2D eigenvalue weighted by atomic mass is 9.88. The molecule has 26 heavy (non-hydrogen) atoms. The zero-order chi connectivity index (χ0) is 18.8. The van der Waals surface area contributed by atoms with Gasteiger partial charge in [-0.25, -0.2) is 0 Å². The van der Waals surface area contributed by atoms with Gasteiger partial charge < -0.3 is 4.74 Å². The second kappa shape index (κ2) is 10.5. The third kappa shape index (κ3) is 6.97. The number of aryl methyl sites for hydroxylation is 1. The molecular weight excluding hydrogens is 356 g/mol. The van der Waals surface area contributed by atoms with Crippen molar-refractivity contribution in [2.24, 2.45) is 5.41 Å². The summed E-state index contributed by atoms with van der Waals surface area (Å²) >= 11 is 7.40. The van der Waals surface area contributed by atoms with E-state index in [2.05, 4.69) is 75.0 Å². The van der Waals surface area contributed by atoms with Crippen molar-refractivity contribution in [2.75, 3.05) is 5.75 Å². The maximum Gasteiger partial charge on any atom is 0.160 e. The van der Waals surface area contributed by atoms with Crippen molar-refractivity contribution in [1.29, 1.82) is 0 Å². The highest BCUT2D eigenvalue weighted by atomic mass is 32.2. The van der Waals surface area contributed by atoms with Gasteiger partial charge in [0, 0.05) is 23.3 Å². The Balaban J connectivity index is 1.80. The van der Waals surface area contributed by atoms with Gasteiger partial charge in [0.05, 0.1) is 0 Å². The summed E-state index contributed by atoms with van der Waals surface area (Å²) in [5.74, 6) is 1.99. The molecule has 2 rings (SSSR count). The molecule has 0 amide bonds. The van der Waals surface area contributed by atoms with Crippen molar-refractivity contribution >= 4 is 29.0 Å². The number of rotatable bonds is 10. The molecule has 2 aromatic rings. The lowest BCUT2D eigenvalue weighted by Crippen LogP contribution is -2.34. The molecule has 138 valence electrons. The first-order chi connectivity index (χ1) is 12.5. The van der Waals surface area contributed by atoms with Crippen molar-refractivity contribution in [2.45, 2.75) is 38.5 Å². The van der Waals surface area contributed by atoms with Gasteiger partial charge in [-0.2, -0.15) is 11.8 Å². The zero-order valence-corrected chi connectivity index (χ0v) is 17.3. The summed E-state index contributed by atoms with van der Waals surface area (Å²) in [6.45, 7) is 8.41. The van der Waals surface area contributed by atoms with E-state index in [1.54, 1.807) is 0 Å². The van der Waals surface area contributed by atoms with Crippen molar-refractivity contribution in [1.82, 2.24) is 0 Å². The van der Waals surface area contributed by atoms with Crippen LogP contribution in [0.1, 0.15) is 31.4 Å². The lowest BCUT2D eigenvalue weighted by molar-refractivity contribution is 0.122. The molecule has 1 nitrogen and oxygen atoms in total. The molecule has 0 aliphatic heterocycles. The van der Waals surface area contributed by atoms with E-state index in [1.807, 2.05) is 23.9 Å². The van der Waals surface area contributed by atoms with Crippen LogP contribution >= 0.6 is 24.0 Å². The van der Waals surface area contributed by atoms with Crippen LogP contribution in [0.3, 0.4) is 0 Å². The molecule has 2 aromatic carbocycles. The van der Waals surface area contributed by atoms with Crippen LogP contribution in [0.2, 0.25) is 0 Å². The van der Waals surface area contributed by atoms with Gasteiger partial charge in [0.25, 0.3) is 0 Å². The quantitative estimate of drug-likeness (QED) is 0.343. The molecule has 3 heteroatoms. The second-order valence-electron chi connectivity index (χ2n) is 7.10. The fourth-order valence-electron chi connectivity index (χ4n) is 2.71. The number of thiocarbonyl (C=S) groups is 1. The molecule has 0 saturated heterocycles. The Labute approximate surface area is 167 Å². The van der Waals surface area contributed by atoms with Gasteiger partial charge in [0.2, 0.25) is 0 Å². The van der Waals surface area contributed by atoms with E-state index < -0.39 is 0 Å². The van der Waals surface area contributed by atoms with E-state index in [0.29, 0.717) is 5.05 Å². The molecule has 1 atom stereocenters. The highest BCUT2D eigenvalue weighted by Gasteiger charge is 2.29. The topological polar surface area (TPSA) is 9.23 Å². The molecule has 0 aliphatic carbocycles. The Hall–Kier alpha value is -1.58.